The number of carbonyl (C=O) groups excluding carboxylic acids is 1. The number of nitrogens with one attached hydrogen (secondary N) is 1. The summed E-state index contributed by atoms with van der Waals surface area (Å²) in [5.41, 5.74) is 0.340. The van der Waals surface area contributed by atoms with Gasteiger partial charge in [-0.25, -0.2) is 0 Å². The SMILES string of the molecule is CC(C)N1Cc2c(cc(C3CCCNC3)cc2C(F)(F)F)C1=O. The van der Waals surface area contributed by atoms with Crippen LogP contribution in [0.3, 0.4) is 0 Å². The van der Waals surface area contributed by atoms with E-state index in [0.717, 1.165) is 19.4 Å². The third-order valence-corrected chi connectivity index (χ3v) is 4.79. The molecule has 1 amide bonds. The monoisotopic (exact) mass is 326 g/mol. The first kappa shape index (κ1) is 16.3. The average Bonchev–Trinajstić information content (AvgIpc) is 2.84. The van der Waals surface area contributed by atoms with Gasteiger partial charge in [-0.15, -0.1) is 0 Å². The summed E-state index contributed by atoms with van der Waals surface area (Å²) in [4.78, 5) is 14.0. The third-order valence-electron chi connectivity index (χ3n) is 4.79. The van der Waals surface area contributed by atoms with Crippen LogP contribution in [0.2, 0.25) is 0 Å². The van der Waals surface area contributed by atoms with E-state index >= 15 is 0 Å². The molecule has 0 bridgehead atoms. The molecule has 23 heavy (non-hydrogen) atoms. The Kier molecular flexibility index (Phi) is 4.12. The van der Waals surface area contributed by atoms with Gasteiger partial charge >= 0.3 is 6.18 Å². The number of fused-ring (bicyclic) bond motifs is 1. The minimum Gasteiger partial charge on any atom is -0.332 e. The molecule has 1 aromatic rings. The van der Waals surface area contributed by atoms with E-state index in [9.17, 15) is 18.0 Å². The molecule has 0 aliphatic carbocycles. The highest BCUT2D eigenvalue weighted by Gasteiger charge is 2.41. The Morgan fingerprint density at radius 2 is 2.04 bits per heavy atom. The maximum absolute atomic E-state index is 13.5. The second-order valence-corrected chi connectivity index (χ2v) is 6.66. The molecule has 1 aromatic carbocycles. The summed E-state index contributed by atoms with van der Waals surface area (Å²) in [6, 6.07) is 2.83. The van der Waals surface area contributed by atoms with Gasteiger partial charge in [-0.3, -0.25) is 4.79 Å². The second kappa shape index (κ2) is 5.82. The van der Waals surface area contributed by atoms with Gasteiger partial charge < -0.3 is 10.2 Å². The summed E-state index contributed by atoms with van der Waals surface area (Å²) in [6.07, 6.45) is -2.64. The van der Waals surface area contributed by atoms with Crippen LogP contribution in [0.1, 0.15) is 59.7 Å². The van der Waals surface area contributed by atoms with Crippen molar-refractivity contribution in [1.29, 1.82) is 0 Å². The number of nitrogens with zero attached hydrogens (tertiary/aromatic N) is 1. The van der Waals surface area contributed by atoms with E-state index < -0.39 is 11.7 Å². The lowest BCUT2D eigenvalue weighted by molar-refractivity contribution is -0.138. The fourth-order valence-corrected chi connectivity index (χ4v) is 3.49. The maximum atomic E-state index is 13.5. The first-order valence-electron chi connectivity index (χ1n) is 8.04. The van der Waals surface area contributed by atoms with E-state index in [1.54, 1.807) is 6.07 Å². The minimum atomic E-state index is -4.44. The summed E-state index contributed by atoms with van der Waals surface area (Å²) in [5.74, 6) is -0.248. The molecule has 1 unspecified atom stereocenters. The highest BCUT2D eigenvalue weighted by Crippen LogP contribution is 2.40. The van der Waals surface area contributed by atoms with E-state index in [-0.39, 0.29) is 35.5 Å². The fraction of sp³-hybridized carbons (Fsp3) is 0.588. The Bertz CT molecular complexity index is 619. The van der Waals surface area contributed by atoms with Gasteiger partial charge in [0.15, 0.2) is 0 Å². The van der Waals surface area contributed by atoms with Crippen LogP contribution in [0, 0.1) is 0 Å². The molecule has 2 aliphatic heterocycles. The molecular formula is C17H21F3N2O. The maximum Gasteiger partial charge on any atom is 0.416 e. The number of piperidine rings is 1. The van der Waals surface area contributed by atoms with Gasteiger partial charge in [0.1, 0.15) is 0 Å². The molecule has 0 aromatic heterocycles. The number of rotatable bonds is 2. The predicted molar refractivity (Wildman–Crippen MR) is 81.3 cm³/mol. The minimum absolute atomic E-state index is 0.0380. The van der Waals surface area contributed by atoms with Crippen LogP contribution in [0.5, 0.6) is 0 Å². The molecule has 2 heterocycles. The zero-order chi connectivity index (χ0) is 16.8. The summed E-state index contributed by atoms with van der Waals surface area (Å²) < 4.78 is 40.5. The van der Waals surface area contributed by atoms with Gasteiger partial charge in [-0.05, 0) is 62.4 Å². The van der Waals surface area contributed by atoms with Crippen molar-refractivity contribution in [3.63, 3.8) is 0 Å². The van der Waals surface area contributed by atoms with Gasteiger partial charge in [0.2, 0.25) is 0 Å². The fourth-order valence-electron chi connectivity index (χ4n) is 3.49. The van der Waals surface area contributed by atoms with Crippen LogP contribution in [-0.2, 0) is 12.7 Å². The van der Waals surface area contributed by atoms with Crippen molar-refractivity contribution in [1.82, 2.24) is 10.2 Å². The van der Waals surface area contributed by atoms with Crippen molar-refractivity contribution in [2.75, 3.05) is 13.1 Å². The van der Waals surface area contributed by atoms with Gasteiger partial charge in [0, 0.05) is 24.7 Å². The van der Waals surface area contributed by atoms with E-state index in [4.69, 9.17) is 0 Å². The van der Waals surface area contributed by atoms with Crippen LogP contribution >= 0.6 is 0 Å². The van der Waals surface area contributed by atoms with E-state index in [0.29, 0.717) is 12.1 Å². The average molecular weight is 326 g/mol. The Balaban J connectivity index is 2.08. The first-order valence-corrected chi connectivity index (χ1v) is 8.04. The van der Waals surface area contributed by atoms with Crippen molar-refractivity contribution in [3.8, 4) is 0 Å². The van der Waals surface area contributed by atoms with Crippen LogP contribution in [-0.4, -0.2) is 29.9 Å². The van der Waals surface area contributed by atoms with E-state index in [2.05, 4.69) is 5.32 Å². The molecule has 1 atom stereocenters. The number of hydrogen-bond acceptors (Lipinski definition) is 2. The molecule has 3 nitrogen and oxygen atoms in total. The zero-order valence-electron chi connectivity index (χ0n) is 13.3. The summed E-state index contributed by atoms with van der Waals surface area (Å²) in [5, 5.41) is 3.22. The van der Waals surface area contributed by atoms with Crippen molar-refractivity contribution in [2.24, 2.45) is 0 Å². The normalized spacial score (nSPS) is 21.9. The van der Waals surface area contributed by atoms with Crippen molar-refractivity contribution in [3.05, 3.63) is 34.4 Å². The molecule has 126 valence electrons. The Hall–Kier alpha value is -1.56. The molecule has 1 fully saturated rings. The largest absolute Gasteiger partial charge is 0.416 e. The molecule has 6 heteroatoms. The number of hydrogen-bond donors (Lipinski definition) is 1. The third kappa shape index (κ3) is 2.96. The smallest absolute Gasteiger partial charge is 0.332 e. The standard InChI is InChI=1S/C17H21F3N2O/c1-10(2)22-9-14-13(16(22)23)6-12(7-15(14)17(18,19)20)11-4-3-5-21-8-11/h6-7,10-11,21H,3-5,8-9H2,1-2H3. The van der Waals surface area contributed by atoms with Crippen molar-refractivity contribution < 1.29 is 18.0 Å². The van der Waals surface area contributed by atoms with Gasteiger partial charge in [0.05, 0.1) is 5.56 Å². The summed E-state index contributed by atoms with van der Waals surface area (Å²) in [7, 11) is 0. The van der Waals surface area contributed by atoms with Crippen LogP contribution in [0.4, 0.5) is 13.2 Å². The number of amides is 1. The molecule has 1 saturated heterocycles. The quantitative estimate of drug-likeness (QED) is 0.902. The molecule has 0 spiro atoms. The molecule has 1 N–H and O–H groups in total. The second-order valence-electron chi connectivity index (χ2n) is 6.66. The van der Waals surface area contributed by atoms with Crippen LogP contribution < -0.4 is 5.32 Å². The topological polar surface area (TPSA) is 32.3 Å². The number of benzene rings is 1. The van der Waals surface area contributed by atoms with Crippen molar-refractivity contribution in [2.45, 2.75) is 51.4 Å². The Morgan fingerprint density at radius 1 is 1.30 bits per heavy atom. The number of alkyl halides is 3. The zero-order valence-corrected chi connectivity index (χ0v) is 13.3. The molecule has 0 saturated carbocycles. The highest BCUT2D eigenvalue weighted by atomic mass is 19.4. The van der Waals surface area contributed by atoms with E-state index in [1.165, 1.54) is 11.0 Å². The lowest BCUT2D eigenvalue weighted by Gasteiger charge is -2.24. The number of halogens is 3. The van der Waals surface area contributed by atoms with Crippen LogP contribution in [0.25, 0.3) is 0 Å². The van der Waals surface area contributed by atoms with Crippen LogP contribution in [0.15, 0.2) is 12.1 Å². The predicted octanol–water partition coefficient (Wildman–Crippen LogP) is 3.54. The molecular weight excluding hydrogens is 305 g/mol. The molecule has 2 aliphatic rings. The molecule has 3 rings (SSSR count). The highest BCUT2D eigenvalue weighted by molar-refractivity contribution is 5.99. The Labute approximate surface area is 133 Å². The Morgan fingerprint density at radius 3 is 2.61 bits per heavy atom. The summed E-state index contributed by atoms with van der Waals surface area (Å²) >= 11 is 0. The van der Waals surface area contributed by atoms with Gasteiger partial charge in [-0.2, -0.15) is 13.2 Å². The summed E-state index contributed by atoms with van der Waals surface area (Å²) in [6.45, 7) is 5.25. The van der Waals surface area contributed by atoms with Gasteiger partial charge in [-0.1, -0.05) is 0 Å². The van der Waals surface area contributed by atoms with E-state index in [1.807, 2.05) is 13.8 Å². The lowest BCUT2D eigenvalue weighted by atomic mass is 9.87. The van der Waals surface area contributed by atoms with Gasteiger partial charge in [0.25, 0.3) is 5.91 Å². The van der Waals surface area contributed by atoms with Crippen molar-refractivity contribution >= 4 is 5.91 Å². The molecule has 0 radical (unpaired) electrons. The first-order chi connectivity index (χ1) is 10.8. The lowest BCUT2D eigenvalue weighted by Crippen LogP contribution is -2.31. The number of carbonyl (C=O) groups is 1.